The van der Waals surface area contributed by atoms with Crippen LogP contribution >= 0.6 is 11.6 Å². The van der Waals surface area contributed by atoms with E-state index >= 15 is 0 Å². The lowest BCUT2D eigenvalue weighted by atomic mass is 9.98. The van der Waals surface area contributed by atoms with Crippen LogP contribution in [0.5, 0.6) is 0 Å². The van der Waals surface area contributed by atoms with E-state index in [0.29, 0.717) is 22.7 Å². The van der Waals surface area contributed by atoms with E-state index in [-0.39, 0.29) is 12.5 Å². The maximum atomic E-state index is 11.4. The first kappa shape index (κ1) is 9.49. The number of halogens is 1. The second-order valence-corrected chi connectivity index (χ2v) is 3.67. The standard InChI is InChI=1S/C10H10ClNO2/c11-9-4-8-6(3-7(9)5-13)1-2-12-10(8)14/h3-4,13H,1-2,5H2,(H,12,14). The molecule has 1 aliphatic rings. The summed E-state index contributed by atoms with van der Waals surface area (Å²) in [6.07, 6.45) is 0.797. The van der Waals surface area contributed by atoms with Crippen molar-refractivity contribution in [2.75, 3.05) is 6.54 Å². The van der Waals surface area contributed by atoms with Crippen molar-refractivity contribution in [3.05, 3.63) is 33.8 Å². The highest BCUT2D eigenvalue weighted by molar-refractivity contribution is 6.31. The molecular formula is C10H10ClNO2. The lowest BCUT2D eigenvalue weighted by Crippen LogP contribution is -2.31. The van der Waals surface area contributed by atoms with E-state index in [1.54, 1.807) is 12.1 Å². The number of fused-ring (bicyclic) bond motifs is 1. The summed E-state index contributed by atoms with van der Waals surface area (Å²) in [5, 5.41) is 12.2. The molecule has 0 spiro atoms. The second kappa shape index (κ2) is 3.59. The fraction of sp³-hybridized carbons (Fsp3) is 0.300. The molecule has 3 nitrogen and oxygen atoms in total. The van der Waals surface area contributed by atoms with Gasteiger partial charge in [0.2, 0.25) is 0 Å². The fourth-order valence-corrected chi connectivity index (χ4v) is 1.84. The number of rotatable bonds is 1. The van der Waals surface area contributed by atoms with Crippen LogP contribution in [0.4, 0.5) is 0 Å². The smallest absolute Gasteiger partial charge is 0.251 e. The van der Waals surface area contributed by atoms with Crippen molar-refractivity contribution < 1.29 is 9.90 Å². The molecule has 74 valence electrons. The highest BCUT2D eigenvalue weighted by atomic mass is 35.5. The molecular weight excluding hydrogens is 202 g/mol. The molecule has 2 N–H and O–H groups in total. The number of aliphatic hydroxyl groups excluding tert-OH is 1. The van der Waals surface area contributed by atoms with Crippen molar-refractivity contribution in [3.8, 4) is 0 Å². The molecule has 0 unspecified atom stereocenters. The molecule has 1 heterocycles. The van der Waals surface area contributed by atoms with E-state index in [1.807, 2.05) is 0 Å². The summed E-state index contributed by atoms with van der Waals surface area (Å²) in [4.78, 5) is 11.4. The van der Waals surface area contributed by atoms with Gasteiger partial charge in [0, 0.05) is 17.1 Å². The predicted octanol–water partition coefficient (Wildman–Crippen LogP) is 1.12. The number of benzene rings is 1. The average molecular weight is 212 g/mol. The van der Waals surface area contributed by atoms with E-state index < -0.39 is 0 Å². The van der Waals surface area contributed by atoms with Crippen LogP contribution in [0, 0.1) is 0 Å². The van der Waals surface area contributed by atoms with Crippen LogP contribution < -0.4 is 5.32 Å². The molecule has 0 saturated heterocycles. The molecule has 4 heteroatoms. The van der Waals surface area contributed by atoms with Crippen LogP contribution in [0.25, 0.3) is 0 Å². The zero-order chi connectivity index (χ0) is 10.1. The molecule has 0 saturated carbocycles. The molecule has 1 amide bonds. The lowest BCUT2D eigenvalue weighted by Gasteiger charge is -2.17. The Morgan fingerprint density at radius 3 is 3.00 bits per heavy atom. The summed E-state index contributed by atoms with van der Waals surface area (Å²) >= 11 is 5.89. The number of carbonyl (C=O) groups is 1. The molecule has 14 heavy (non-hydrogen) atoms. The van der Waals surface area contributed by atoms with E-state index in [9.17, 15) is 4.79 Å². The minimum absolute atomic E-state index is 0.0855. The fourth-order valence-electron chi connectivity index (χ4n) is 1.61. The van der Waals surface area contributed by atoms with Crippen molar-refractivity contribution in [3.63, 3.8) is 0 Å². The Hall–Kier alpha value is -1.06. The maximum absolute atomic E-state index is 11.4. The topological polar surface area (TPSA) is 49.3 Å². The van der Waals surface area contributed by atoms with Gasteiger partial charge >= 0.3 is 0 Å². The summed E-state index contributed by atoms with van der Waals surface area (Å²) in [5.74, 6) is -0.0855. The molecule has 0 aliphatic carbocycles. The number of carbonyl (C=O) groups excluding carboxylic acids is 1. The minimum atomic E-state index is -0.0896. The van der Waals surface area contributed by atoms with E-state index in [2.05, 4.69) is 5.32 Å². The number of aliphatic hydroxyl groups is 1. The Morgan fingerprint density at radius 2 is 2.29 bits per heavy atom. The van der Waals surface area contributed by atoms with Gasteiger partial charge in [0.1, 0.15) is 0 Å². The molecule has 0 radical (unpaired) electrons. The third-order valence-corrected chi connectivity index (χ3v) is 2.72. The molecule has 0 atom stereocenters. The zero-order valence-electron chi connectivity index (χ0n) is 7.51. The van der Waals surface area contributed by atoms with E-state index in [1.165, 1.54) is 0 Å². The number of hydrogen-bond donors (Lipinski definition) is 2. The zero-order valence-corrected chi connectivity index (χ0v) is 8.27. The summed E-state index contributed by atoms with van der Waals surface area (Å²) in [6, 6.07) is 3.42. The Labute approximate surface area is 86.7 Å². The summed E-state index contributed by atoms with van der Waals surface area (Å²) in [6.45, 7) is 0.562. The van der Waals surface area contributed by atoms with Gasteiger partial charge in [0.05, 0.1) is 6.61 Å². The first-order valence-electron chi connectivity index (χ1n) is 4.42. The van der Waals surface area contributed by atoms with Crippen molar-refractivity contribution in [2.45, 2.75) is 13.0 Å². The van der Waals surface area contributed by atoms with Gasteiger partial charge in [-0.15, -0.1) is 0 Å². The monoisotopic (exact) mass is 211 g/mol. The first-order valence-corrected chi connectivity index (χ1v) is 4.80. The Kier molecular flexibility index (Phi) is 2.44. The Morgan fingerprint density at radius 1 is 1.50 bits per heavy atom. The molecule has 0 bridgehead atoms. The number of hydrogen-bond acceptors (Lipinski definition) is 2. The van der Waals surface area contributed by atoms with Crippen molar-refractivity contribution >= 4 is 17.5 Å². The molecule has 1 aromatic rings. The average Bonchev–Trinajstić information content (AvgIpc) is 2.19. The minimum Gasteiger partial charge on any atom is -0.392 e. The maximum Gasteiger partial charge on any atom is 0.251 e. The molecule has 1 aromatic carbocycles. The quantitative estimate of drug-likeness (QED) is 0.732. The van der Waals surface area contributed by atoms with Gasteiger partial charge in [-0.3, -0.25) is 4.79 Å². The highest BCUT2D eigenvalue weighted by Gasteiger charge is 2.18. The van der Waals surface area contributed by atoms with E-state index in [4.69, 9.17) is 16.7 Å². The summed E-state index contributed by atoms with van der Waals surface area (Å²) in [7, 11) is 0. The van der Waals surface area contributed by atoms with Gasteiger partial charge in [0.15, 0.2) is 0 Å². The SMILES string of the molecule is O=C1NCCc2cc(CO)c(Cl)cc21. The third-order valence-electron chi connectivity index (χ3n) is 2.37. The number of nitrogens with one attached hydrogen (secondary N) is 1. The van der Waals surface area contributed by atoms with Gasteiger partial charge in [-0.1, -0.05) is 17.7 Å². The Bertz CT molecular complexity index is 390. The van der Waals surface area contributed by atoms with Crippen molar-refractivity contribution in [1.29, 1.82) is 0 Å². The third kappa shape index (κ3) is 1.49. The summed E-state index contributed by atoms with van der Waals surface area (Å²) in [5.41, 5.74) is 2.26. The number of amides is 1. The predicted molar refractivity (Wildman–Crippen MR) is 53.4 cm³/mol. The van der Waals surface area contributed by atoms with Crippen LogP contribution in [-0.2, 0) is 13.0 Å². The lowest BCUT2D eigenvalue weighted by molar-refractivity contribution is 0.0946. The van der Waals surface area contributed by atoms with Gasteiger partial charge in [-0.25, -0.2) is 0 Å². The largest absolute Gasteiger partial charge is 0.392 e. The van der Waals surface area contributed by atoms with Crippen LogP contribution in [0.15, 0.2) is 12.1 Å². The van der Waals surface area contributed by atoms with Crippen LogP contribution in [-0.4, -0.2) is 17.6 Å². The molecule has 0 fully saturated rings. The van der Waals surface area contributed by atoms with Crippen LogP contribution in [0.3, 0.4) is 0 Å². The van der Waals surface area contributed by atoms with E-state index in [0.717, 1.165) is 12.0 Å². The molecule has 0 aromatic heterocycles. The van der Waals surface area contributed by atoms with Gasteiger partial charge in [0.25, 0.3) is 5.91 Å². The summed E-state index contributed by atoms with van der Waals surface area (Å²) < 4.78 is 0. The highest BCUT2D eigenvalue weighted by Crippen LogP contribution is 2.23. The van der Waals surface area contributed by atoms with Gasteiger partial charge in [-0.2, -0.15) is 0 Å². The van der Waals surface area contributed by atoms with Crippen LogP contribution in [0.1, 0.15) is 21.5 Å². The van der Waals surface area contributed by atoms with Crippen molar-refractivity contribution in [1.82, 2.24) is 5.32 Å². The Balaban J connectivity index is 2.54. The first-order chi connectivity index (χ1) is 6.72. The van der Waals surface area contributed by atoms with Gasteiger partial charge in [-0.05, 0) is 23.6 Å². The van der Waals surface area contributed by atoms with Gasteiger partial charge < -0.3 is 10.4 Å². The molecule has 2 rings (SSSR count). The normalized spacial score (nSPS) is 14.9. The van der Waals surface area contributed by atoms with Crippen molar-refractivity contribution in [2.24, 2.45) is 0 Å². The second-order valence-electron chi connectivity index (χ2n) is 3.26. The molecule has 1 aliphatic heterocycles. The van der Waals surface area contributed by atoms with Crippen LogP contribution in [0.2, 0.25) is 5.02 Å².